The molecule has 0 fully saturated rings. The molecule has 2 nitrogen and oxygen atoms in total. The van der Waals surface area contributed by atoms with Crippen molar-refractivity contribution in [3.8, 4) is 0 Å². The second kappa shape index (κ2) is 3.55. The first kappa shape index (κ1) is 9.42. The van der Waals surface area contributed by atoms with Crippen LogP contribution in [0.4, 0.5) is 0 Å². The van der Waals surface area contributed by atoms with E-state index in [2.05, 4.69) is 32.7 Å². The maximum absolute atomic E-state index is 11.2. The van der Waals surface area contributed by atoms with Crippen molar-refractivity contribution in [2.24, 2.45) is 0 Å². The Balaban J connectivity index is 2.56. The quantitative estimate of drug-likeness (QED) is 0.594. The van der Waals surface area contributed by atoms with Gasteiger partial charge in [0.2, 0.25) is 0 Å². The molecular weight excluding hydrogens is 319 g/mol. The van der Waals surface area contributed by atoms with Crippen LogP contribution in [0.15, 0.2) is 11.4 Å². The molecule has 2 aromatic heterocycles. The third kappa shape index (κ3) is 1.60. The van der Waals surface area contributed by atoms with Gasteiger partial charge in [0.25, 0.3) is 0 Å². The Morgan fingerprint density at radius 2 is 2.38 bits per heavy atom. The molecule has 0 aromatic carbocycles. The summed E-state index contributed by atoms with van der Waals surface area (Å²) in [5.74, 6) is -0.246. The van der Waals surface area contributed by atoms with Crippen LogP contribution in [0.3, 0.4) is 0 Å². The van der Waals surface area contributed by atoms with Crippen LogP contribution in [0.25, 0.3) is 9.40 Å². The van der Waals surface area contributed by atoms with Crippen molar-refractivity contribution in [3.05, 3.63) is 19.9 Å². The number of halogens is 1. The van der Waals surface area contributed by atoms with E-state index in [4.69, 9.17) is 0 Å². The number of carbonyl (C=O) groups excluding carboxylic acids is 1. The van der Waals surface area contributed by atoms with Crippen molar-refractivity contribution < 1.29 is 9.53 Å². The van der Waals surface area contributed by atoms with Gasteiger partial charge in [0.1, 0.15) is 4.88 Å². The molecule has 2 rings (SSSR count). The number of esters is 1. The topological polar surface area (TPSA) is 26.3 Å². The summed E-state index contributed by atoms with van der Waals surface area (Å²) in [5.41, 5.74) is 0. The Kier molecular flexibility index (Phi) is 2.57. The first-order valence-electron chi connectivity index (χ1n) is 3.47. The van der Waals surface area contributed by atoms with E-state index in [9.17, 15) is 4.79 Å². The molecule has 0 bridgehead atoms. The van der Waals surface area contributed by atoms with Crippen LogP contribution in [0.5, 0.6) is 0 Å². The summed E-state index contributed by atoms with van der Waals surface area (Å²) in [7, 11) is 1.40. The predicted octanol–water partition coefficient (Wildman–Crippen LogP) is 3.35. The fraction of sp³-hybridized carbons (Fsp3) is 0.125. The summed E-state index contributed by atoms with van der Waals surface area (Å²) < 4.78 is 7.03. The molecule has 0 unspecified atom stereocenters. The Labute approximate surface area is 96.7 Å². The van der Waals surface area contributed by atoms with Crippen LogP contribution in [-0.4, -0.2) is 13.1 Å². The van der Waals surface area contributed by atoms with E-state index in [1.54, 1.807) is 11.3 Å². The largest absolute Gasteiger partial charge is 0.465 e. The van der Waals surface area contributed by atoms with Crippen LogP contribution in [-0.2, 0) is 4.74 Å². The van der Waals surface area contributed by atoms with Crippen LogP contribution >= 0.6 is 45.3 Å². The Hall–Kier alpha value is -0.140. The van der Waals surface area contributed by atoms with Gasteiger partial charge in [0.15, 0.2) is 0 Å². The van der Waals surface area contributed by atoms with Gasteiger partial charge in [0, 0.05) is 14.3 Å². The number of thiophene rings is 2. The van der Waals surface area contributed by atoms with Gasteiger partial charge in [0.05, 0.1) is 11.1 Å². The summed E-state index contributed by atoms with van der Waals surface area (Å²) in [4.78, 5) is 11.9. The van der Waals surface area contributed by atoms with Gasteiger partial charge < -0.3 is 4.74 Å². The molecular formula is C8H5IO2S2. The van der Waals surface area contributed by atoms with Crippen molar-refractivity contribution in [2.45, 2.75) is 0 Å². The highest BCUT2D eigenvalue weighted by Crippen LogP contribution is 2.34. The van der Waals surface area contributed by atoms with E-state index in [0.717, 1.165) is 5.39 Å². The van der Waals surface area contributed by atoms with Crippen LogP contribution in [0, 0.1) is 3.57 Å². The minimum atomic E-state index is -0.246. The zero-order valence-electron chi connectivity index (χ0n) is 6.67. The first-order valence-corrected chi connectivity index (χ1v) is 6.24. The summed E-state index contributed by atoms with van der Waals surface area (Å²) in [5, 5.41) is 3.25. The molecule has 2 aromatic rings. The lowest BCUT2D eigenvalue weighted by Crippen LogP contribution is -1.96. The van der Waals surface area contributed by atoms with E-state index in [0.29, 0.717) is 4.88 Å². The van der Waals surface area contributed by atoms with E-state index in [1.165, 1.54) is 26.0 Å². The molecule has 5 heteroatoms. The molecule has 0 amide bonds. The highest BCUT2D eigenvalue weighted by molar-refractivity contribution is 14.1. The summed E-state index contributed by atoms with van der Waals surface area (Å²) in [6.07, 6.45) is 0. The van der Waals surface area contributed by atoms with E-state index >= 15 is 0 Å². The second-order valence-electron chi connectivity index (χ2n) is 2.39. The van der Waals surface area contributed by atoms with Crippen molar-refractivity contribution >= 4 is 60.6 Å². The summed E-state index contributed by atoms with van der Waals surface area (Å²) >= 11 is 5.42. The lowest BCUT2D eigenvalue weighted by atomic mass is 10.4. The molecule has 68 valence electrons. The van der Waals surface area contributed by atoms with Crippen molar-refractivity contribution in [1.29, 1.82) is 0 Å². The maximum atomic E-state index is 11.2. The van der Waals surface area contributed by atoms with E-state index < -0.39 is 0 Å². The smallest absolute Gasteiger partial charge is 0.348 e. The zero-order chi connectivity index (χ0) is 9.42. The van der Waals surface area contributed by atoms with E-state index in [-0.39, 0.29) is 5.97 Å². The summed E-state index contributed by atoms with van der Waals surface area (Å²) in [6, 6.07) is 1.89. The third-order valence-electron chi connectivity index (χ3n) is 1.61. The molecule has 0 atom stereocenters. The fourth-order valence-corrected chi connectivity index (χ4v) is 4.23. The molecule has 13 heavy (non-hydrogen) atoms. The van der Waals surface area contributed by atoms with Crippen molar-refractivity contribution in [2.75, 3.05) is 7.11 Å². The number of hydrogen-bond acceptors (Lipinski definition) is 4. The lowest BCUT2D eigenvalue weighted by Gasteiger charge is -1.90. The number of hydrogen-bond donors (Lipinski definition) is 0. The third-order valence-corrected chi connectivity index (χ3v) is 5.16. The van der Waals surface area contributed by atoms with Crippen LogP contribution in [0.2, 0.25) is 0 Å². The van der Waals surface area contributed by atoms with Gasteiger partial charge in [-0.2, -0.15) is 0 Å². The van der Waals surface area contributed by atoms with Gasteiger partial charge in [-0.3, -0.25) is 0 Å². The first-order chi connectivity index (χ1) is 6.22. The molecule has 0 aliphatic carbocycles. The minimum Gasteiger partial charge on any atom is -0.465 e. The molecule has 0 N–H and O–H groups in total. The molecule has 0 aliphatic heterocycles. The highest BCUT2D eigenvalue weighted by atomic mass is 127. The molecule has 0 spiro atoms. The van der Waals surface area contributed by atoms with Gasteiger partial charge in [-0.15, -0.1) is 22.7 Å². The number of fused-ring (bicyclic) bond motifs is 1. The Morgan fingerprint density at radius 3 is 3.00 bits per heavy atom. The monoisotopic (exact) mass is 324 g/mol. The standard InChI is InChI=1S/C8H5IO2S2/c1-11-7(10)6-2-4-5(9)3-12-8(4)13-6/h2-3H,1H3. The average molecular weight is 324 g/mol. The number of rotatable bonds is 1. The average Bonchev–Trinajstić information content (AvgIpc) is 2.67. The number of carbonyl (C=O) groups is 1. The predicted molar refractivity (Wildman–Crippen MR) is 63.8 cm³/mol. The number of ether oxygens (including phenoxy) is 1. The maximum Gasteiger partial charge on any atom is 0.348 e. The SMILES string of the molecule is COC(=O)c1cc2c(I)csc2s1. The van der Waals surface area contributed by atoms with Crippen molar-refractivity contribution in [3.63, 3.8) is 0 Å². The normalized spacial score (nSPS) is 10.6. The van der Waals surface area contributed by atoms with Gasteiger partial charge in [-0.05, 0) is 28.7 Å². The fourth-order valence-electron chi connectivity index (χ4n) is 0.998. The zero-order valence-corrected chi connectivity index (χ0v) is 10.5. The molecule has 0 saturated heterocycles. The summed E-state index contributed by atoms with van der Waals surface area (Å²) in [6.45, 7) is 0. The minimum absolute atomic E-state index is 0.246. The lowest BCUT2D eigenvalue weighted by molar-refractivity contribution is 0.0606. The van der Waals surface area contributed by atoms with Crippen LogP contribution < -0.4 is 0 Å². The van der Waals surface area contributed by atoms with E-state index in [1.807, 2.05) is 6.07 Å². The number of methoxy groups -OCH3 is 1. The molecule has 0 aliphatic rings. The van der Waals surface area contributed by atoms with Crippen molar-refractivity contribution in [1.82, 2.24) is 0 Å². The van der Waals surface area contributed by atoms with Gasteiger partial charge >= 0.3 is 5.97 Å². The van der Waals surface area contributed by atoms with Crippen LogP contribution in [0.1, 0.15) is 9.67 Å². The molecule has 0 saturated carbocycles. The van der Waals surface area contributed by atoms with Gasteiger partial charge in [-0.1, -0.05) is 0 Å². The highest BCUT2D eigenvalue weighted by Gasteiger charge is 2.12. The Bertz CT molecular complexity index is 458. The second-order valence-corrected chi connectivity index (χ2v) is 5.74. The Morgan fingerprint density at radius 1 is 1.62 bits per heavy atom. The molecule has 2 heterocycles. The molecule has 0 radical (unpaired) electrons. The van der Waals surface area contributed by atoms with Gasteiger partial charge in [-0.25, -0.2) is 4.79 Å².